The lowest BCUT2D eigenvalue weighted by atomic mass is 10.2. The second-order valence-electron chi connectivity index (χ2n) is 4.60. The van der Waals surface area contributed by atoms with Crippen molar-refractivity contribution in [2.45, 2.75) is 25.5 Å². The standard InChI is InChI=1S/C15H15N3OS2/c1-10-13(21-11(2)16-10)14-17-18-15(19-14)20-9-8-12-6-4-3-5-7-12/h3-7H,8-9H2,1-2H3. The number of hydrogen-bond acceptors (Lipinski definition) is 6. The van der Waals surface area contributed by atoms with Gasteiger partial charge in [0.2, 0.25) is 0 Å². The van der Waals surface area contributed by atoms with Gasteiger partial charge in [-0.15, -0.1) is 21.5 Å². The molecule has 3 rings (SSSR count). The minimum atomic E-state index is 0.570. The Balaban J connectivity index is 1.62. The number of benzene rings is 1. The summed E-state index contributed by atoms with van der Waals surface area (Å²) in [6.45, 7) is 3.94. The van der Waals surface area contributed by atoms with E-state index in [1.54, 1.807) is 23.1 Å². The number of nitrogens with zero attached hydrogens (tertiary/aromatic N) is 3. The first-order valence-corrected chi connectivity index (χ1v) is 8.47. The van der Waals surface area contributed by atoms with Gasteiger partial charge in [-0.1, -0.05) is 42.1 Å². The fourth-order valence-electron chi connectivity index (χ4n) is 1.99. The number of aryl methyl sites for hydroxylation is 3. The van der Waals surface area contributed by atoms with Gasteiger partial charge in [0.25, 0.3) is 11.1 Å². The highest BCUT2D eigenvalue weighted by Crippen LogP contribution is 2.30. The van der Waals surface area contributed by atoms with Crippen LogP contribution in [-0.2, 0) is 6.42 Å². The highest BCUT2D eigenvalue weighted by Gasteiger charge is 2.14. The second kappa shape index (κ2) is 6.41. The van der Waals surface area contributed by atoms with Crippen molar-refractivity contribution >= 4 is 23.1 Å². The number of hydrogen-bond donors (Lipinski definition) is 0. The van der Waals surface area contributed by atoms with Crippen LogP contribution in [0.5, 0.6) is 0 Å². The smallest absolute Gasteiger partial charge is 0.276 e. The molecule has 0 spiro atoms. The van der Waals surface area contributed by atoms with Gasteiger partial charge >= 0.3 is 0 Å². The predicted octanol–water partition coefficient (Wildman–Crippen LogP) is 4.14. The van der Waals surface area contributed by atoms with E-state index in [9.17, 15) is 0 Å². The van der Waals surface area contributed by atoms with Crippen LogP contribution in [0.2, 0.25) is 0 Å². The minimum absolute atomic E-state index is 0.570. The van der Waals surface area contributed by atoms with Crippen LogP contribution < -0.4 is 0 Å². The SMILES string of the molecule is Cc1nc(C)c(-c2nnc(SCCc3ccccc3)o2)s1. The van der Waals surface area contributed by atoms with Crippen LogP contribution in [0.4, 0.5) is 0 Å². The highest BCUT2D eigenvalue weighted by molar-refractivity contribution is 7.99. The molecule has 0 N–H and O–H groups in total. The molecular formula is C15H15N3OS2. The summed E-state index contributed by atoms with van der Waals surface area (Å²) in [5, 5.41) is 9.85. The maximum atomic E-state index is 5.71. The van der Waals surface area contributed by atoms with Crippen molar-refractivity contribution in [3.05, 3.63) is 46.6 Å². The lowest BCUT2D eigenvalue weighted by Crippen LogP contribution is -1.87. The Morgan fingerprint density at radius 1 is 1.14 bits per heavy atom. The van der Waals surface area contributed by atoms with Gasteiger partial charge in [0.1, 0.15) is 4.88 Å². The molecule has 21 heavy (non-hydrogen) atoms. The summed E-state index contributed by atoms with van der Waals surface area (Å²) in [6, 6.07) is 10.4. The molecule has 3 aromatic rings. The summed E-state index contributed by atoms with van der Waals surface area (Å²) in [5.41, 5.74) is 2.26. The summed E-state index contributed by atoms with van der Waals surface area (Å²) in [7, 11) is 0. The van der Waals surface area contributed by atoms with Crippen LogP contribution >= 0.6 is 23.1 Å². The van der Waals surface area contributed by atoms with E-state index in [0.717, 1.165) is 27.8 Å². The molecule has 1 aromatic carbocycles. The van der Waals surface area contributed by atoms with Crippen LogP contribution in [0, 0.1) is 13.8 Å². The molecule has 6 heteroatoms. The van der Waals surface area contributed by atoms with E-state index in [4.69, 9.17) is 4.42 Å². The summed E-state index contributed by atoms with van der Waals surface area (Å²) < 4.78 is 5.71. The summed E-state index contributed by atoms with van der Waals surface area (Å²) in [6.07, 6.45) is 0.988. The molecule has 2 aromatic heterocycles. The molecule has 0 saturated carbocycles. The third kappa shape index (κ3) is 3.51. The van der Waals surface area contributed by atoms with E-state index in [1.807, 2.05) is 19.9 Å². The molecular weight excluding hydrogens is 302 g/mol. The number of thioether (sulfide) groups is 1. The van der Waals surface area contributed by atoms with Crippen molar-refractivity contribution in [2.75, 3.05) is 5.75 Å². The van der Waals surface area contributed by atoms with Crippen molar-refractivity contribution in [3.63, 3.8) is 0 Å². The van der Waals surface area contributed by atoms with E-state index in [1.165, 1.54) is 5.56 Å². The molecule has 2 heterocycles. The Bertz CT molecular complexity index is 722. The van der Waals surface area contributed by atoms with Gasteiger partial charge in [-0.2, -0.15) is 0 Å². The van der Waals surface area contributed by atoms with Crippen LogP contribution in [0.1, 0.15) is 16.3 Å². The fourth-order valence-corrected chi connectivity index (χ4v) is 3.58. The van der Waals surface area contributed by atoms with Crippen molar-refractivity contribution in [2.24, 2.45) is 0 Å². The first kappa shape index (κ1) is 14.3. The van der Waals surface area contributed by atoms with E-state index in [-0.39, 0.29) is 0 Å². The van der Waals surface area contributed by atoms with E-state index < -0.39 is 0 Å². The second-order valence-corrected chi connectivity index (χ2v) is 6.85. The largest absolute Gasteiger partial charge is 0.410 e. The summed E-state index contributed by atoms with van der Waals surface area (Å²) in [5.74, 6) is 1.49. The number of rotatable bonds is 5. The molecule has 0 aliphatic heterocycles. The topological polar surface area (TPSA) is 51.8 Å². The first-order valence-electron chi connectivity index (χ1n) is 6.67. The van der Waals surface area contributed by atoms with Gasteiger partial charge in [-0.3, -0.25) is 0 Å². The van der Waals surface area contributed by atoms with Gasteiger partial charge < -0.3 is 4.42 Å². The van der Waals surface area contributed by atoms with Gasteiger partial charge in [-0.05, 0) is 25.8 Å². The Kier molecular flexibility index (Phi) is 4.36. The fraction of sp³-hybridized carbons (Fsp3) is 0.267. The van der Waals surface area contributed by atoms with Crippen molar-refractivity contribution < 1.29 is 4.42 Å². The molecule has 0 saturated heterocycles. The maximum absolute atomic E-state index is 5.71. The third-order valence-electron chi connectivity index (χ3n) is 2.96. The maximum Gasteiger partial charge on any atom is 0.276 e. The zero-order chi connectivity index (χ0) is 14.7. The van der Waals surface area contributed by atoms with E-state index in [2.05, 4.69) is 39.4 Å². The van der Waals surface area contributed by atoms with Gasteiger partial charge in [0, 0.05) is 5.75 Å². The Morgan fingerprint density at radius 2 is 1.95 bits per heavy atom. The van der Waals surface area contributed by atoms with Gasteiger partial charge in [0.15, 0.2) is 0 Å². The average molecular weight is 317 g/mol. The molecule has 0 aliphatic rings. The molecule has 0 fully saturated rings. The zero-order valence-corrected chi connectivity index (χ0v) is 13.5. The Morgan fingerprint density at radius 3 is 2.67 bits per heavy atom. The average Bonchev–Trinajstić information content (AvgIpc) is 3.06. The van der Waals surface area contributed by atoms with Crippen LogP contribution in [0.3, 0.4) is 0 Å². The summed E-state index contributed by atoms with van der Waals surface area (Å²) >= 11 is 3.17. The normalized spacial score (nSPS) is 11.0. The third-order valence-corrected chi connectivity index (χ3v) is 4.84. The molecule has 0 bridgehead atoms. The van der Waals surface area contributed by atoms with Crippen LogP contribution in [0.15, 0.2) is 40.0 Å². The quantitative estimate of drug-likeness (QED) is 0.662. The van der Waals surface area contributed by atoms with Crippen molar-refractivity contribution in [3.8, 4) is 10.8 Å². The van der Waals surface area contributed by atoms with E-state index >= 15 is 0 Å². The van der Waals surface area contributed by atoms with E-state index in [0.29, 0.717) is 11.1 Å². The molecule has 0 radical (unpaired) electrons. The minimum Gasteiger partial charge on any atom is -0.410 e. The number of aromatic nitrogens is 3. The molecule has 0 amide bonds. The molecule has 0 unspecified atom stereocenters. The van der Waals surface area contributed by atoms with Gasteiger partial charge in [0.05, 0.1) is 10.7 Å². The zero-order valence-electron chi connectivity index (χ0n) is 11.9. The van der Waals surface area contributed by atoms with Crippen molar-refractivity contribution in [1.29, 1.82) is 0 Å². The monoisotopic (exact) mass is 317 g/mol. The predicted molar refractivity (Wildman–Crippen MR) is 85.8 cm³/mol. The lowest BCUT2D eigenvalue weighted by Gasteiger charge is -1.98. The summed E-state index contributed by atoms with van der Waals surface area (Å²) in [4.78, 5) is 5.35. The molecule has 0 aliphatic carbocycles. The first-order chi connectivity index (χ1) is 10.2. The Labute approximate surface area is 131 Å². The lowest BCUT2D eigenvalue weighted by molar-refractivity contribution is 0.466. The highest BCUT2D eigenvalue weighted by atomic mass is 32.2. The van der Waals surface area contributed by atoms with Gasteiger partial charge in [-0.25, -0.2) is 4.98 Å². The van der Waals surface area contributed by atoms with Crippen LogP contribution in [-0.4, -0.2) is 20.9 Å². The number of thiazole rings is 1. The molecule has 4 nitrogen and oxygen atoms in total. The molecule has 108 valence electrons. The Hall–Kier alpha value is -1.66. The molecule has 0 atom stereocenters. The van der Waals surface area contributed by atoms with Crippen LogP contribution in [0.25, 0.3) is 10.8 Å². The van der Waals surface area contributed by atoms with Crippen molar-refractivity contribution in [1.82, 2.24) is 15.2 Å².